The van der Waals surface area contributed by atoms with E-state index in [1.807, 2.05) is 42.4 Å². The van der Waals surface area contributed by atoms with E-state index in [0.29, 0.717) is 0 Å². The second kappa shape index (κ2) is 4.07. The van der Waals surface area contributed by atoms with Gasteiger partial charge in [-0.3, -0.25) is 9.63 Å². The highest BCUT2D eigenvalue weighted by Crippen LogP contribution is 2.57. The lowest BCUT2D eigenvalue weighted by Crippen LogP contribution is -2.31. The largest absolute Gasteiger partial charge is 0.469 e. The number of ether oxygens (including phenoxy) is 1. The van der Waals surface area contributed by atoms with Crippen LogP contribution >= 0.6 is 0 Å². The molecular weight excluding hydrogens is 230 g/mol. The number of nitrogens with zero attached hydrogens (tertiary/aromatic N) is 1. The van der Waals surface area contributed by atoms with Gasteiger partial charge in [-0.05, 0) is 18.4 Å². The first-order valence-electron chi connectivity index (χ1n) is 6.23. The molecule has 2 atom stereocenters. The van der Waals surface area contributed by atoms with E-state index in [4.69, 9.17) is 9.57 Å². The lowest BCUT2D eigenvalue weighted by atomic mass is 9.88. The van der Waals surface area contributed by atoms with Crippen molar-refractivity contribution >= 4 is 5.97 Å². The van der Waals surface area contributed by atoms with Crippen molar-refractivity contribution in [3.8, 4) is 0 Å². The van der Waals surface area contributed by atoms with Crippen LogP contribution in [-0.4, -0.2) is 30.8 Å². The van der Waals surface area contributed by atoms with Crippen LogP contribution in [0.25, 0.3) is 0 Å². The molecule has 1 aromatic carbocycles. The molecular formula is C14H17NO3. The normalized spacial score (nSPS) is 29.4. The van der Waals surface area contributed by atoms with Gasteiger partial charge in [-0.1, -0.05) is 30.3 Å². The van der Waals surface area contributed by atoms with E-state index < -0.39 is 0 Å². The highest BCUT2D eigenvalue weighted by Gasteiger charge is 2.64. The molecule has 0 amide bonds. The topological polar surface area (TPSA) is 38.8 Å². The zero-order chi connectivity index (χ0) is 12.8. The van der Waals surface area contributed by atoms with Gasteiger partial charge in [0.1, 0.15) is 11.5 Å². The maximum atomic E-state index is 12.1. The molecule has 0 bridgehead atoms. The number of hydrogen-bond acceptors (Lipinski definition) is 4. The maximum Gasteiger partial charge on any atom is 0.313 e. The van der Waals surface area contributed by atoms with Crippen molar-refractivity contribution in [2.75, 3.05) is 14.2 Å². The zero-order valence-electron chi connectivity index (χ0n) is 10.6. The van der Waals surface area contributed by atoms with Gasteiger partial charge < -0.3 is 4.74 Å². The van der Waals surface area contributed by atoms with Crippen LogP contribution in [-0.2, 0) is 14.4 Å². The molecule has 1 aliphatic heterocycles. The second-order valence-corrected chi connectivity index (χ2v) is 5.06. The average Bonchev–Trinajstić information content (AvgIpc) is 3.08. The number of carbonyl (C=O) groups excluding carboxylic acids is 1. The van der Waals surface area contributed by atoms with E-state index in [2.05, 4.69) is 0 Å². The van der Waals surface area contributed by atoms with Crippen LogP contribution in [0.4, 0.5) is 0 Å². The van der Waals surface area contributed by atoms with E-state index in [9.17, 15) is 4.79 Å². The Labute approximate surface area is 106 Å². The van der Waals surface area contributed by atoms with Crippen LogP contribution in [0.2, 0.25) is 0 Å². The molecule has 1 heterocycles. The van der Waals surface area contributed by atoms with E-state index in [0.717, 1.165) is 18.4 Å². The van der Waals surface area contributed by atoms with Gasteiger partial charge in [-0.25, -0.2) is 0 Å². The first-order chi connectivity index (χ1) is 8.68. The SMILES string of the molecule is COC(=O)[C@H]1[C@H](c2ccccc2)N(C)OC12CC2. The van der Waals surface area contributed by atoms with Crippen LogP contribution in [0.3, 0.4) is 0 Å². The standard InChI is InChI=1S/C14H17NO3/c1-15-12(10-6-4-3-5-7-10)11(13(16)17-2)14(18-15)8-9-14/h3-7,11-12H,8-9H2,1-2H3/t11-,12+/m1/s1. The summed E-state index contributed by atoms with van der Waals surface area (Å²) in [4.78, 5) is 18.0. The molecule has 1 saturated carbocycles. The molecule has 1 saturated heterocycles. The van der Waals surface area contributed by atoms with E-state index >= 15 is 0 Å². The van der Waals surface area contributed by atoms with Crippen LogP contribution in [0, 0.1) is 5.92 Å². The predicted molar refractivity (Wildman–Crippen MR) is 65.5 cm³/mol. The van der Waals surface area contributed by atoms with Crippen molar-refractivity contribution in [1.29, 1.82) is 0 Å². The molecule has 1 aromatic rings. The summed E-state index contributed by atoms with van der Waals surface area (Å²) in [5, 5.41) is 1.81. The Morgan fingerprint density at radius 1 is 1.39 bits per heavy atom. The molecule has 2 aliphatic rings. The average molecular weight is 247 g/mol. The molecule has 1 spiro atoms. The minimum atomic E-state index is -0.317. The molecule has 18 heavy (non-hydrogen) atoms. The first kappa shape index (κ1) is 11.7. The Morgan fingerprint density at radius 3 is 2.61 bits per heavy atom. The predicted octanol–water partition coefficient (Wildman–Crippen LogP) is 1.93. The molecule has 3 rings (SSSR count). The van der Waals surface area contributed by atoms with Crippen LogP contribution in [0.1, 0.15) is 24.4 Å². The monoisotopic (exact) mass is 247 g/mol. The molecule has 4 heteroatoms. The van der Waals surface area contributed by atoms with Crippen molar-refractivity contribution < 1.29 is 14.4 Å². The Morgan fingerprint density at radius 2 is 2.06 bits per heavy atom. The number of carbonyl (C=O) groups is 1. The summed E-state index contributed by atoms with van der Waals surface area (Å²) in [7, 11) is 3.33. The van der Waals surface area contributed by atoms with Gasteiger partial charge >= 0.3 is 5.97 Å². The van der Waals surface area contributed by atoms with Gasteiger partial charge in [0.2, 0.25) is 0 Å². The Bertz CT molecular complexity index is 455. The highest BCUT2D eigenvalue weighted by molar-refractivity contribution is 5.76. The Kier molecular flexibility index (Phi) is 2.64. The summed E-state index contributed by atoms with van der Waals surface area (Å²) < 4.78 is 4.96. The van der Waals surface area contributed by atoms with Crippen molar-refractivity contribution in [1.82, 2.24) is 5.06 Å². The summed E-state index contributed by atoms with van der Waals surface area (Å²) in [5.41, 5.74) is 0.779. The smallest absolute Gasteiger partial charge is 0.313 e. The van der Waals surface area contributed by atoms with Crippen LogP contribution in [0.5, 0.6) is 0 Å². The highest BCUT2D eigenvalue weighted by atomic mass is 16.7. The molecule has 0 unspecified atom stereocenters. The van der Waals surface area contributed by atoms with Crippen LogP contribution in [0.15, 0.2) is 30.3 Å². The number of hydrogen-bond donors (Lipinski definition) is 0. The summed E-state index contributed by atoms with van der Waals surface area (Å²) in [6, 6.07) is 9.94. The Balaban J connectivity index is 1.98. The molecule has 1 aliphatic carbocycles. The minimum Gasteiger partial charge on any atom is -0.469 e. The fourth-order valence-electron chi connectivity index (χ4n) is 2.95. The number of rotatable bonds is 2. The van der Waals surface area contributed by atoms with E-state index in [1.54, 1.807) is 0 Å². The van der Waals surface area contributed by atoms with Crippen molar-refractivity contribution in [2.24, 2.45) is 5.92 Å². The van der Waals surface area contributed by atoms with E-state index in [1.165, 1.54) is 7.11 Å². The minimum absolute atomic E-state index is 0.0545. The van der Waals surface area contributed by atoms with Crippen LogP contribution < -0.4 is 0 Å². The summed E-state index contributed by atoms with van der Waals surface area (Å²) in [6.45, 7) is 0. The van der Waals surface area contributed by atoms with Crippen molar-refractivity contribution in [3.05, 3.63) is 35.9 Å². The molecule has 0 radical (unpaired) electrons. The quantitative estimate of drug-likeness (QED) is 0.748. The van der Waals surface area contributed by atoms with Gasteiger partial charge in [0.15, 0.2) is 0 Å². The third-order valence-corrected chi connectivity index (χ3v) is 3.94. The third kappa shape index (κ3) is 1.64. The number of hydroxylamine groups is 2. The van der Waals surface area contributed by atoms with Gasteiger partial charge in [-0.15, -0.1) is 0 Å². The van der Waals surface area contributed by atoms with Crippen molar-refractivity contribution in [3.63, 3.8) is 0 Å². The van der Waals surface area contributed by atoms with Gasteiger partial charge in [0, 0.05) is 7.05 Å². The molecule has 4 nitrogen and oxygen atoms in total. The molecule has 0 N–H and O–H groups in total. The fraction of sp³-hybridized carbons (Fsp3) is 0.500. The summed E-state index contributed by atoms with van der Waals surface area (Å²) in [5.74, 6) is -0.402. The van der Waals surface area contributed by atoms with Gasteiger partial charge in [-0.2, -0.15) is 5.06 Å². The lowest BCUT2D eigenvalue weighted by molar-refractivity contribution is -0.159. The molecule has 0 aromatic heterocycles. The number of esters is 1. The van der Waals surface area contributed by atoms with Gasteiger partial charge in [0.05, 0.1) is 13.2 Å². The second-order valence-electron chi connectivity index (χ2n) is 5.06. The third-order valence-electron chi connectivity index (χ3n) is 3.94. The van der Waals surface area contributed by atoms with Crippen molar-refractivity contribution in [2.45, 2.75) is 24.5 Å². The number of benzene rings is 1. The lowest BCUT2D eigenvalue weighted by Gasteiger charge is -2.21. The fourth-order valence-corrected chi connectivity index (χ4v) is 2.95. The van der Waals surface area contributed by atoms with Gasteiger partial charge in [0.25, 0.3) is 0 Å². The Hall–Kier alpha value is -1.39. The summed E-state index contributed by atoms with van der Waals surface area (Å²) >= 11 is 0. The van der Waals surface area contributed by atoms with E-state index in [-0.39, 0.29) is 23.5 Å². The number of methoxy groups -OCH3 is 1. The molecule has 2 fully saturated rings. The summed E-state index contributed by atoms with van der Waals surface area (Å²) in [6.07, 6.45) is 1.86. The molecule has 96 valence electrons. The first-order valence-corrected chi connectivity index (χ1v) is 6.23. The maximum absolute atomic E-state index is 12.1. The zero-order valence-corrected chi connectivity index (χ0v) is 10.6.